The van der Waals surface area contributed by atoms with Crippen LogP contribution in [0.1, 0.15) is 35.9 Å². The van der Waals surface area contributed by atoms with E-state index < -0.39 is 16.1 Å². The summed E-state index contributed by atoms with van der Waals surface area (Å²) in [6, 6.07) is 12.1. The SMILES string of the molecule is Cc1cccc(-c2noc([C@H]3CCCN3S(=O)(=O)c3ccc(C)c(Cl)c3)n2)c1. The smallest absolute Gasteiger partial charge is 0.245 e. The molecule has 0 bridgehead atoms. The Kier molecular flexibility index (Phi) is 4.99. The first-order valence-corrected chi connectivity index (χ1v) is 10.9. The molecule has 0 unspecified atom stereocenters. The van der Waals surface area contributed by atoms with Gasteiger partial charge >= 0.3 is 0 Å². The van der Waals surface area contributed by atoms with Crippen LogP contribution in [0, 0.1) is 13.8 Å². The molecule has 2 heterocycles. The molecule has 0 amide bonds. The van der Waals surface area contributed by atoms with Gasteiger partial charge in [-0.1, -0.05) is 46.6 Å². The van der Waals surface area contributed by atoms with Crippen molar-refractivity contribution in [2.45, 2.75) is 37.6 Å². The quantitative estimate of drug-likeness (QED) is 0.623. The summed E-state index contributed by atoms with van der Waals surface area (Å²) < 4.78 is 33.2. The number of aryl methyl sites for hydroxylation is 2. The molecule has 28 heavy (non-hydrogen) atoms. The zero-order valence-corrected chi connectivity index (χ0v) is 17.2. The number of aromatic nitrogens is 2. The van der Waals surface area contributed by atoms with Crippen molar-refractivity contribution >= 4 is 21.6 Å². The summed E-state index contributed by atoms with van der Waals surface area (Å²) in [7, 11) is -3.72. The number of rotatable bonds is 4. The molecular weight excluding hydrogens is 398 g/mol. The Hall–Kier alpha value is -2.22. The topological polar surface area (TPSA) is 76.3 Å². The second-order valence-electron chi connectivity index (χ2n) is 7.01. The summed E-state index contributed by atoms with van der Waals surface area (Å²) >= 11 is 6.14. The zero-order chi connectivity index (χ0) is 19.9. The molecule has 0 saturated carbocycles. The van der Waals surface area contributed by atoms with Crippen molar-refractivity contribution < 1.29 is 12.9 Å². The lowest BCUT2D eigenvalue weighted by molar-refractivity contribution is 0.290. The van der Waals surface area contributed by atoms with Gasteiger partial charge in [0.1, 0.15) is 6.04 Å². The molecule has 1 aliphatic heterocycles. The molecule has 1 saturated heterocycles. The molecule has 0 radical (unpaired) electrons. The predicted molar refractivity (Wildman–Crippen MR) is 107 cm³/mol. The van der Waals surface area contributed by atoms with Crippen molar-refractivity contribution in [2.75, 3.05) is 6.54 Å². The van der Waals surface area contributed by atoms with E-state index in [-0.39, 0.29) is 4.90 Å². The van der Waals surface area contributed by atoms with E-state index in [9.17, 15) is 8.42 Å². The third-order valence-corrected chi connectivity index (χ3v) is 7.27. The van der Waals surface area contributed by atoms with E-state index in [2.05, 4.69) is 10.1 Å². The van der Waals surface area contributed by atoms with Crippen molar-refractivity contribution in [3.05, 3.63) is 64.5 Å². The minimum absolute atomic E-state index is 0.174. The Morgan fingerprint density at radius 2 is 2.00 bits per heavy atom. The van der Waals surface area contributed by atoms with Crippen molar-refractivity contribution in [3.8, 4) is 11.4 Å². The molecule has 146 valence electrons. The average Bonchev–Trinajstić information content (AvgIpc) is 3.33. The van der Waals surface area contributed by atoms with Gasteiger partial charge in [-0.05, 0) is 50.5 Å². The highest BCUT2D eigenvalue weighted by Gasteiger charge is 2.39. The van der Waals surface area contributed by atoms with E-state index >= 15 is 0 Å². The maximum Gasteiger partial charge on any atom is 0.245 e. The lowest BCUT2D eigenvalue weighted by Crippen LogP contribution is -2.30. The highest BCUT2D eigenvalue weighted by Crippen LogP contribution is 2.37. The standard InChI is InChI=1S/C20H20ClN3O3S/c1-13-5-3-6-15(11-13)19-22-20(27-23-19)18-7-4-10-24(18)28(25,26)16-9-8-14(2)17(21)12-16/h3,5-6,8-9,11-12,18H,4,7,10H2,1-2H3/t18-/m1/s1. The van der Waals surface area contributed by atoms with E-state index in [1.165, 1.54) is 10.4 Å². The third-order valence-electron chi connectivity index (χ3n) is 4.96. The fourth-order valence-corrected chi connectivity index (χ4v) is 5.34. The number of sulfonamides is 1. The highest BCUT2D eigenvalue weighted by molar-refractivity contribution is 7.89. The maximum absolute atomic E-state index is 13.2. The van der Waals surface area contributed by atoms with Gasteiger partial charge in [-0.25, -0.2) is 8.42 Å². The van der Waals surface area contributed by atoms with Crippen LogP contribution in [0.25, 0.3) is 11.4 Å². The highest BCUT2D eigenvalue weighted by atomic mass is 35.5. The first-order chi connectivity index (χ1) is 13.4. The van der Waals surface area contributed by atoms with Crippen molar-refractivity contribution in [3.63, 3.8) is 0 Å². The second kappa shape index (κ2) is 7.31. The summed E-state index contributed by atoms with van der Waals surface area (Å²) in [4.78, 5) is 4.66. The zero-order valence-electron chi connectivity index (χ0n) is 15.6. The molecule has 1 aromatic heterocycles. The Balaban J connectivity index is 1.66. The molecular formula is C20H20ClN3O3S. The first kappa shape index (κ1) is 19.1. The fraction of sp³-hybridized carbons (Fsp3) is 0.300. The lowest BCUT2D eigenvalue weighted by atomic mass is 10.1. The van der Waals surface area contributed by atoms with E-state index in [0.29, 0.717) is 29.7 Å². The van der Waals surface area contributed by atoms with Crippen molar-refractivity contribution in [2.24, 2.45) is 0 Å². The molecule has 0 spiro atoms. The van der Waals surface area contributed by atoms with Crippen LogP contribution in [0.4, 0.5) is 0 Å². The van der Waals surface area contributed by atoms with Crippen LogP contribution >= 0.6 is 11.6 Å². The maximum atomic E-state index is 13.2. The third kappa shape index (κ3) is 3.45. The summed E-state index contributed by atoms with van der Waals surface area (Å²) in [6.07, 6.45) is 1.36. The fourth-order valence-electron chi connectivity index (χ4n) is 3.42. The summed E-state index contributed by atoms with van der Waals surface area (Å²) in [5.74, 6) is 0.775. The summed E-state index contributed by atoms with van der Waals surface area (Å²) in [6.45, 7) is 4.23. The van der Waals surface area contributed by atoms with Gasteiger partial charge in [0.25, 0.3) is 0 Å². The van der Waals surface area contributed by atoms with Crippen LogP contribution in [-0.4, -0.2) is 29.4 Å². The number of halogens is 1. The normalized spacial score (nSPS) is 17.9. The molecule has 0 N–H and O–H groups in total. The van der Waals surface area contributed by atoms with Gasteiger partial charge in [0.15, 0.2) is 0 Å². The van der Waals surface area contributed by atoms with Crippen LogP contribution in [0.5, 0.6) is 0 Å². The summed E-state index contributed by atoms with van der Waals surface area (Å²) in [5, 5.41) is 4.49. The van der Waals surface area contributed by atoms with Gasteiger partial charge in [0.05, 0.1) is 4.90 Å². The van der Waals surface area contributed by atoms with Gasteiger partial charge in [0.2, 0.25) is 21.7 Å². The molecule has 0 aliphatic carbocycles. The van der Waals surface area contributed by atoms with Crippen LogP contribution in [0.2, 0.25) is 5.02 Å². The number of hydrogen-bond acceptors (Lipinski definition) is 5. The molecule has 8 heteroatoms. The Bertz CT molecular complexity index is 1130. The van der Waals surface area contributed by atoms with Gasteiger partial charge in [-0.2, -0.15) is 9.29 Å². The number of benzene rings is 2. The predicted octanol–water partition coefficient (Wildman–Crippen LogP) is 4.53. The van der Waals surface area contributed by atoms with Crippen molar-refractivity contribution in [1.82, 2.24) is 14.4 Å². The minimum atomic E-state index is -3.72. The molecule has 6 nitrogen and oxygen atoms in total. The van der Waals surface area contributed by atoms with E-state index in [0.717, 1.165) is 23.1 Å². The van der Waals surface area contributed by atoms with Crippen LogP contribution in [0.15, 0.2) is 51.9 Å². The Morgan fingerprint density at radius 1 is 1.18 bits per heavy atom. The van der Waals surface area contributed by atoms with Crippen LogP contribution < -0.4 is 0 Å². The largest absolute Gasteiger partial charge is 0.337 e. The van der Waals surface area contributed by atoms with Gasteiger partial charge in [0, 0.05) is 17.1 Å². The minimum Gasteiger partial charge on any atom is -0.337 e. The molecule has 2 aromatic carbocycles. The second-order valence-corrected chi connectivity index (χ2v) is 9.31. The van der Waals surface area contributed by atoms with Gasteiger partial charge in [-0.15, -0.1) is 0 Å². The van der Waals surface area contributed by atoms with Gasteiger partial charge in [-0.3, -0.25) is 0 Å². The number of hydrogen-bond donors (Lipinski definition) is 0. The van der Waals surface area contributed by atoms with Crippen LogP contribution in [-0.2, 0) is 10.0 Å². The molecule has 4 rings (SSSR count). The van der Waals surface area contributed by atoms with E-state index in [4.69, 9.17) is 16.1 Å². The monoisotopic (exact) mass is 417 g/mol. The van der Waals surface area contributed by atoms with Crippen LogP contribution in [0.3, 0.4) is 0 Å². The Morgan fingerprint density at radius 3 is 2.75 bits per heavy atom. The first-order valence-electron chi connectivity index (χ1n) is 9.05. The van der Waals surface area contributed by atoms with E-state index in [1.54, 1.807) is 12.1 Å². The van der Waals surface area contributed by atoms with Crippen molar-refractivity contribution in [1.29, 1.82) is 0 Å². The molecule has 1 fully saturated rings. The molecule has 1 aliphatic rings. The van der Waals surface area contributed by atoms with E-state index in [1.807, 2.05) is 38.1 Å². The average molecular weight is 418 g/mol. The lowest BCUT2D eigenvalue weighted by Gasteiger charge is -2.21. The Labute approximate surface area is 169 Å². The molecule has 1 atom stereocenters. The van der Waals surface area contributed by atoms with Gasteiger partial charge < -0.3 is 4.52 Å². The number of nitrogens with zero attached hydrogens (tertiary/aromatic N) is 3. The molecule has 3 aromatic rings. The summed E-state index contributed by atoms with van der Waals surface area (Å²) in [5.41, 5.74) is 2.76.